The second-order valence-corrected chi connectivity index (χ2v) is 6.15. The van der Waals surface area contributed by atoms with E-state index in [1.807, 2.05) is 27.7 Å². The highest BCUT2D eigenvalue weighted by molar-refractivity contribution is 5.85. The largest absolute Gasteiger partial charge is 0.357 e. The van der Waals surface area contributed by atoms with Gasteiger partial charge < -0.3 is 16.0 Å². The highest BCUT2D eigenvalue weighted by Gasteiger charge is 2.20. The van der Waals surface area contributed by atoms with E-state index in [1.54, 1.807) is 0 Å². The molecule has 3 N–H and O–H groups in total. The predicted molar refractivity (Wildman–Crippen MR) is 79.2 cm³/mol. The maximum absolute atomic E-state index is 11.7. The minimum absolute atomic E-state index is 0.0492. The average Bonchev–Trinajstić information content (AvgIpc) is 3.07. The molecule has 5 heteroatoms. The van der Waals surface area contributed by atoms with Gasteiger partial charge in [-0.05, 0) is 40.0 Å². The zero-order valence-electron chi connectivity index (χ0n) is 12.7. The molecule has 0 bridgehead atoms. The summed E-state index contributed by atoms with van der Waals surface area (Å²) >= 11 is 0. The van der Waals surface area contributed by atoms with Crippen LogP contribution in [0.5, 0.6) is 0 Å². The van der Waals surface area contributed by atoms with Crippen LogP contribution in [-0.4, -0.2) is 37.0 Å². The fraction of sp³-hybridized carbons (Fsp3) is 0.857. The van der Waals surface area contributed by atoms with Gasteiger partial charge in [0.15, 0.2) is 5.96 Å². The quantitative estimate of drug-likeness (QED) is 0.502. The summed E-state index contributed by atoms with van der Waals surface area (Å²) in [6.07, 6.45) is 3.92. The molecule has 0 atom stereocenters. The Labute approximate surface area is 116 Å². The second-order valence-electron chi connectivity index (χ2n) is 6.15. The summed E-state index contributed by atoms with van der Waals surface area (Å²) in [5.74, 6) is 1.58. The number of hydrogen-bond acceptors (Lipinski definition) is 2. The van der Waals surface area contributed by atoms with Crippen LogP contribution in [0, 0.1) is 5.92 Å². The standard InChI is InChI=1S/C14H28N4O/c1-5-15-13(16-9-8-11-6-7-11)17-10-12(19)18-14(2,3)4/h11H,5-10H2,1-4H3,(H,18,19)(H2,15,16,17). The third-order valence-electron chi connectivity index (χ3n) is 2.78. The van der Waals surface area contributed by atoms with Gasteiger partial charge >= 0.3 is 0 Å². The molecule has 0 radical (unpaired) electrons. The van der Waals surface area contributed by atoms with Gasteiger partial charge in [0.1, 0.15) is 6.54 Å². The van der Waals surface area contributed by atoms with Crippen molar-refractivity contribution in [1.82, 2.24) is 16.0 Å². The molecule has 0 aromatic heterocycles. The Morgan fingerprint density at radius 1 is 1.26 bits per heavy atom. The molecule has 0 spiro atoms. The Kier molecular flexibility index (Phi) is 6.12. The van der Waals surface area contributed by atoms with Crippen LogP contribution >= 0.6 is 0 Å². The highest BCUT2D eigenvalue weighted by Crippen LogP contribution is 2.31. The molecule has 110 valence electrons. The topological polar surface area (TPSA) is 65.5 Å². The molecule has 1 fully saturated rings. The van der Waals surface area contributed by atoms with E-state index in [0.29, 0.717) is 0 Å². The number of nitrogens with zero attached hydrogens (tertiary/aromatic N) is 1. The summed E-state index contributed by atoms with van der Waals surface area (Å²) in [5, 5.41) is 9.32. The monoisotopic (exact) mass is 268 g/mol. The van der Waals surface area contributed by atoms with Crippen molar-refractivity contribution in [3.05, 3.63) is 0 Å². The van der Waals surface area contributed by atoms with Crippen molar-refractivity contribution in [3.63, 3.8) is 0 Å². The number of carbonyl (C=O) groups is 1. The van der Waals surface area contributed by atoms with Crippen LogP contribution in [0.4, 0.5) is 0 Å². The molecule has 0 aliphatic heterocycles. The Balaban J connectivity index is 2.31. The van der Waals surface area contributed by atoms with Crippen molar-refractivity contribution in [2.24, 2.45) is 10.9 Å². The Morgan fingerprint density at radius 2 is 1.95 bits per heavy atom. The molecular weight excluding hydrogens is 240 g/mol. The molecule has 5 nitrogen and oxygen atoms in total. The fourth-order valence-electron chi connectivity index (χ4n) is 1.75. The van der Waals surface area contributed by atoms with E-state index in [-0.39, 0.29) is 18.0 Å². The smallest absolute Gasteiger partial charge is 0.242 e. The molecule has 0 saturated heterocycles. The number of rotatable bonds is 6. The first kappa shape index (κ1) is 15.8. The van der Waals surface area contributed by atoms with Gasteiger partial charge in [0.25, 0.3) is 0 Å². The van der Waals surface area contributed by atoms with Crippen molar-refractivity contribution >= 4 is 11.9 Å². The molecule has 1 aliphatic rings. The van der Waals surface area contributed by atoms with Gasteiger partial charge in [0.2, 0.25) is 5.91 Å². The van der Waals surface area contributed by atoms with Gasteiger partial charge in [-0.3, -0.25) is 4.79 Å². The maximum atomic E-state index is 11.7. The molecular formula is C14H28N4O. The zero-order chi connectivity index (χ0) is 14.3. The predicted octanol–water partition coefficient (Wildman–Crippen LogP) is 1.26. The first-order valence-electron chi connectivity index (χ1n) is 7.24. The van der Waals surface area contributed by atoms with Crippen LogP contribution in [-0.2, 0) is 4.79 Å². The van der Waals surface area contributed by atoms with E-state index in [0.717, 1.165) is 25.0 Å². The lowest BCUT2D eigenvalue weighted by molar-refractivity contribution is -0.121. The van der Waals surface area contributed by atoms with Crippen LogP contribution in [0.1, 0.15) is 47.0 Å². The van der Waals surface area contributed by atoms with Crippen molar-refractivity contribution < 1.29 is 4.79 Å². The number of aliphatic imine (C=N–C) groups is 1. The number of hydrogen-bond donors (Lipinski definition) is 3. The van der Waals surface area contributed by atoms with Crippen LogP contribution in [0.3, 0.4) is 0 Å². The number of carbonyl (C=O) groups excluding carboxylic acids is 1. The van der Waals surface area contributed by atoms with Crippen LogP contribution in [0.25, 0.3) is 0 Å². The van der Waals surface area contributed by atoms with Gasteiger partial charge in [-0.15, -0.1) is 0 Å². The molecule has 0 unspecified atom stereocenters. The van der Waals surface area contributed by atoms with E-state index in [1.165, 1.54) is 19.3 Å². The van der Waals surface area contributed by atoms with Crippen molar-refractivity contribution in [2.75, 3.05) is 19.6 Å². The van der Waals surface area contributed by atoms with Crippen LogP contribution in [0.2, 0.25) is 0 Å². The normalized spacial score (nSPS) is 16.1. The third-order valence-corrected chi connectivity index (χ3v) is 2.78. The van der Waals surface area contributed by atoms with Gasteiger partial charge in [-0.25, -0.2) is 4.99 Å². The summed E-state index contributed by atoms with van der Waals surface area (Å²) in [5.41, 5.74) is -0.204. The zero-order valence-corrected chi connectivity index (χ0v) is 12.7. The van der Waals surface area contributed by atoms with Crippen molar-refractivity contribution in [2.45, 2.75) is 52.5 Å². The van der Waals surface area contributed by atoms with Crippen molar-refractivity contribution in [3.8, 4) is 0 Å². The van der Waals surface area contributed by atoms with E-state index in [4.69, 9.17) is 0 Å². The lowest BCUT2D eigenvalue weighted by atomic mass is 10.1. The van der Waals surface area contributed by atoms with E-state index in [9.17, 15) is 4.79 Å². The molecule has 1 saturated carbocycles. The first-order chi connectivity index (χ1) is 8.90. The molecule has 0 aromatic carbocycles. The average molecular weight is 268 g/mol. The SMILES string of the molecule is CCNC(=NCC(=O)NC(C)(C)C)NCCC1CC1. The van der Waals surface area contributed by atoms with Crippen molar-refractivity contribution in [1.29, 1.82) is 0 Å². The van der Waals surface area contributed by atoms with Gasteiger partial charge in [0, 0.05) is 18.6 Å². The number of nitrogens with one attached hydrogen (secondary N) is 3. The minimum Gasteiger partial charge on any atom is -0.357 e. The lowest BCUT2D eigenvalue weighted by Gasteiger charge is -2.20. The molecule has 0 aromatic rings. The lowest BCUT2D eigenvalue weighted by Crippen LogP contribution is -2.43. The third kappa shape index (κ3) is 8.46. The summed E-state index contributed by atoms with van der Waals surface area (Å²) in [6, 6.07) is 0. The Hall–Kier alpha value is -1.26. The molecule has 0 heterocycles. The minimum atomic E-state index is -0.204. The van der Waals surface area contributed by atoms with Gasteiger partial charge in [-0.1, -0.05) is 12.8 Å². The molecule has 1 rings (SSSR count). The number of guanidine groups is 1. The Morgan fingerprint density at radius 3 is 2.47 bits per heavy atom. The summed E-state index contributed by atoms with van der Waals surface area (Å²) in [6.45, 7) is 9.81. The second kappa shape index (κ2) is 7.36. The fourth-order valence-corrected chi connectivity index (χ4v) is 1.75. The van der Waals surface area contributed by atoms with E-state index in [2.05, 4.69) is 20.9 Å². The van der Waals surface area contributed by atoms with Crippen LogP contribution < -0.4 is 16.0 Å². The maximum Gasteiger partial charge on any atom is 0.242 e. The van der Waals surface area contributed by atoms with E-state index < -0.39 is 0 Å². The Bertz CT molecular complexity index is 316. The van der Waals surface area contributed by atoms with E-state index >= 15 is 0 Å². The number of amides is 1. The first-order valence-corrected chi connectivity index (χ1v) is 7.24. The molecule has 1 aliphatic carbocycles. The molecule has 19 heavy (non-hydrogen) atoms. The summed E-state index contributed by atoms with van der Waals surface area (Å²) < 4.78 is 0. The molecule has 1 amide bonds. The van der Waals surface area contributed by atoms with Gasteiger partial charge in [-0.2, -0.15) is 0 Å². The van der Waals surface area contributed by atoms with Crippen LogP contribution in [0.15, 0.2) is 4.99 Å². The van der Waals surface area contributed by atoms with Gasteiger partial charge in [0.05, 0.1) is 0 Å². The summed E-state index contributed by atoms with van der Waals surface area (Å²) in [7, 11) is 0. The summed E-state index contributed by atoms with van der Waals surface area (Å²) in [4.78, 5) is 16.0. The highest BCUT2D eigenvalue weighted by atomic mass is 16.2.